The molecular formula is C18H14N4O2. The molecule has 2 heterocycles. The lowest BCUT2D eigenvalue weighted by atomic mass is 10.1. The Morgan fingerprint density at radius 2 is 1.88 bits per heavy atom. The molecule has 1 aliphatic heterocycles. The number of anilines is 1. The smallest absolute Gasteiger partial charge is 0.169 e. The van der Waals surface area contributed by atoms with Gasteiger partial charge in [0.2, 0.25) is 0 Å². The predicted octanol–water partition coefficient (Wildman–Crippen LogP) is 3.95. The van der Waals surface area contributed by atoms with Gasteiger partial charge in [0.05, 0.1) is 11.4 Å². The van der Waals surface area contributed by atoms with E-state index in [1.807, 2.05) is 36.4 Å². The van der Waals surface area contributed by atoms with Crippen molar-refractivity contribution < 1.29 is 9.47 Å². The fourth-order valence-corrected chi connectivity index (χ4v) is 2.51. The van der Waals surface area contributed by atoms with Crippen LogP contribution in [0.4, 0.5) is 5.69 Å². The van der Waals surface area contributed by atoms with Gasteiger partial charge in [0.25, 0.3) is 0 Å². The summed E-state index contributed by atoms with van der Waals surface area (Å²) in [6.45, 7) is 1.70. The van der Waals surface area contributed by atoms with Gasteiger partial charge in [-0.05, 0) is 43.3 Å². The highest BCUT2D eigenvalue weighted by atomic mass is 16.5. The van der Waals surface area contributed by atoms with E-state index in [0.717, 1.165) is 22.2 Å². The van der Waals surface area contributed by atoms with Crippen LogP contribution in [0.3, 0.4) is 0 Å². The summed E-state index contributed by atoms with van der Waals surface area (Å²) in [6.07, 6.45) is 4.77. The number of hydrogen-bond acceptors (Lipinski definition) is 5. The number of nitrogens with one attached hydrogen (secondary N) is 2. The second kappa shape index (κ2) is 5.66. The third-order valence-corrected chi connectivity index (χ3v) is 3.56. The predicted molar refractivity (Wildman–Crippen MR) is 92.4 cm³/mol. The summed E-state index contributed by atoms with van der Waals surface area (Å²) in [6, 6.07) is 11.3. The van der Waals surface area contributed by atoms with E-state index in [1.54, 1.807) is 13.1 Å². The molecule has 118 valence electrons. The average Bonchev–Trinajstić information content (AvgIpc) is 2.60. The number of hydrogen-bond donors (Lipinski definition) is 2. The molecule has 0 saturated heterocycles. The summed E-state index contributed by atoms with van der Waals surface area (Å²) < 4.78 is 10.8. The van der Waals surface area contributed by atoms with Gasteiger partial charge in [-0.3, -0.25) is 5.41 Å². The van der Waals surface area contributed by atoms with Gasteiger partial charge in [0.15, 0.2) is 17.3 Å². The van der Waals surface area contributed by atoms with E-state index in [4.69, 9.17) is 14.9 Å². The number of amidine groups is 1. The minimum Gasteiger partial charge on any atom is -0.458 e. The van der Waals surface area contributed by atoms with E-state index in [1.165, 1.54) is 12.5 Å². The van der Waals surface area contributed by atoms with E-state index in [2.05, 4.69) is 15.3 Å². The van der Waals surface area contributed by atoms with E-state index in [9.17, 15) is 0 Å². The Morgan fingerprint density at radius 3 is 2.71 bits per heavy atom. The van der Waals surface area contributed by atoms with Gasteiger partial charge < -0.3 is 14.8 Å². The van der Waals surface area contributed by atoms with Crippen molar-refractivity contribution in [3.8, 4) is 22.9 Å². The Morgan fingerprint density at radius 1 is 1.04 bits per heavy atom. The van der Waals surface area contributed by atoms with Crippen LogP contribution < -0.4 is 14.8 Å². The third kappa shape index (κ3) is 2.65. The van der Waals surface area contributed by atoms with Gasteiger partial charge in [-0.25, -0.2) is 9.97 Å². The van der Waals surface area contributed by atoms with Crippen LogP contribution in [0.2, 0.25) is 0 Å². The highest BCUT2D eigenvalue weighted by Gasteiger charge is 2.12. The Kier molecular flexibility index (Phi) is 3.35. The van der Waals surface area contributed by atoms with Crippen molar-refractivity contribution in [2.75, 3.05) is 5.32 Å². The minimum absolute atomic E-state index is 0.386. The SMILES string of the molecule is CC(=N)Nc1ccc2nc(-c3ccc4c(c3)OC=CO4)ncc2c1. The van der Waals surface area contributed by atoms with Crippen LogP contribution >= 0.6 is 0 Å². The fraction of sp³-hybridized carbons (Fsp3) is 0.0556. The number of fused-ring (bicyclic) bond motifs is 2. The summed E-state index contributed by atoms with van der Waals surface area (Å²) in [5.74, 6) is 2.31. The zero-order valence-corrected chi connectivity index (χ0v) is 12.9. The van der Waals surface area contributed by atoms with Crippen LogP contribution in [0.25, 0.3) is 22.3 Å². The first kappa shape index (κ1) is 14.2. The number of benzene rings is 2. The van der Waals surface area contributed by atoms with Gasteiger partial charge in [0, 0.05) is 22.8 Å². The van der Waals surface area contributed by atoms with Crippen molar-refractivity contribution in [1.82, 2.24) is 9.97 Å². The van der Waals surface area contributed by atoms with Crippen molar-refractivity contribution in [2.24, 2.45) is 0 Å². The quantitative estimate of drug-likeness (QED) is 0.552. The summed E-state index contributed by atoms with van der Waals surface area (Å²) >= 11 is 0. The first-order valence-electron chi connectivity index (χ1n) is 7.41. The Balaban J connectivity index is 1.71. The molecule has 2 aromatic carbocycles. The first-order chi connectivity index (χ1) is 11.7. The molecule has 0 unspecified atom stereocenters. The Labute approximate surface area is 138 Å². The Bertz CT molecular complexity index is 982. The van der Waals surface area contributed by atoms with Gasteiger partial charge in [-0.1, -0.05) is 0 Å². The van der Waals surface area contributed by atoms with Gasteiger partial charge in [-0.2, -0.15) is 0 Å². The van der Waals surface area contributed by atoms with Crippen LogP contribution in [0.15, 0.2) is 55.1 Å². The highest BCUT2D eigenvalue weighted by Crippen LogP contribution is 2.34. The molecule has 0 bridgehead atoms. The lowest BCUT2D eigenvalue weighted by molar-refractivity contribution is 0.362. The molecule has 0 fully saturated rings. The standard InChI is InChI=1S/C18H14N4O2/c1-11(19)21-14-3-4-15-13(8-14)10-20-18(22-15)12-2-5-16-17(9-12)24-7-6-23-16/h2-10H,1H3,(H2,19,21). The fourth-order valence-electron chi connectivity index (χ4n) is 2.51. The van der Waals surface area contributed by atoms with Crippen LogP contribution in [0.5, 0.6) is 11.5 Å². The summed E-state index contributed by atoms with van der Waals surface area (Å²) in [4.78, 5) is 9.05. The molecule has 6 nitrogen and oxygen atoms in total. The number of rotatable bonds is 2. The van der Waals surface area contributed by atoms with Gasteiger partial charge in [-0.15, -0.1) is 0 Å². The van der Waals surface area contributed by atoms with Crippen LogP contribution in [-0.2, 0) is 0 Å². The number of ether oxygens (including phenoxy) is 2. The molecule has 1 aromatic heterocycles. The van der Waals surface area contributed by atoms with Gasteiger partial charge in [0.1, 0.15) is 12.5 Å². The normalized spacial score (nSPS) is 12.2. The summed E-state index contributed by atoms with van der Waals surface area (Å²) in [5, 5.41) is 11.4. The van der Waals surface area contributed by atoms with E-state index in [0.29, 0.717) is 23.2 Å². The zero-order chi connectivity index (χ0) is 16.5. The maximum Gasteiger partial charge on any atom is 0.169 e. The second-order valence-corrected chi connectivity index (χ2v) is 5.39. The number of nitrogens with zero attached hydrogens (tertiary/aromatic N) is 2. The monoisotopic (exact) mass is 318 g/mol. The molecule has 0 radical (unpaired) electrons. The topological polar surface area (TPSA) is 80.1 Å². The van der Waals surface area contributed by atoms with Gasteiger partial charge >= 0.3 is 0 Å². The lowest BCUT2D eigenvalue weighted by Crippen LogP contribution is -2.04. The molecule has 0 spiro atoms. The van der Waals surface area contributed by atoms with Crippen molar-refractivity contribution in [2.45, 2.75) is 6.92 Å². The average molecular weight is 318 g/mol. The van der Waals surface area contributed by atoms with E-state index < -0.39 is 0 Å². The van der Waals surface area contributed by atoms with Crippen molar-refractivity contribution >= 4 is 22.4 Å². The molecule has 2 N–H and O–H groups in total. The first-order valence-corrected chi connectivity index (χ1v) is 7.41. The van der Waals surface area contributed by atoms with Crippen molar-refractivity contribution in [3.05, 3.63) is 55.1 Å². The molecule has 0 atom stereocenters. The molecule has 0 saturated carbocycles. The number of aromatic nitrogens is 2. The molecule has 24 heavy (non-hydrogen) atoms. The lowest BCUT2D eigenvalue weighted by Gasteiger charge is -2.13. The van der Waals surface area contributed by atoms with Crippen molar-refractivity contribution in [1.29, 1.82) is 5.41 Å². The molecule has 0 amide bonds. The molecular weight excluding hydrogens is 304 g/mol. The third-order valence-electron chi connectivity index (χ3n) is 3.56. The molecule has 1 aliphatic rings. The highest BCUT2D eigenvalue weighted by molar-refractivity contribution is 5.93. The second-order valence-electron chi connectivity index (χ2n) is 5.39. The van der Waals surface area contributed by atoms with Crippen LogP contribution in [0, 0.1) is 5.41 Å². The molecule has 4 rings (SSSR count). The van der Waals surface area contributed by atoms with Crippen LogP contribution in [-0.4, -0.2) is 15.8 Å². The summed E-state index contributed by atoms with van der Waals surface area (Å²) in [5.41, 5.74) is 2.53. The largest absolute Gasteiger partial charge is 0.458 e. The summed E-state index contributed by atoms with van der Waals surface area (Å²) in [7, 11) is 0. The molecule has 0 aliphatic carbocycles. The maximum atomic E-state index is 7.49. The zero-order valence-electron chi connectivity index (χ0n) is 12.9. The Hall–Kier alpha value is -3.41. The van der Waals surface area contributed by atoms with E-state index >= 15 is 0 Å². The minimum atomic E-state index is 0.386. The molecule has 3 aromatic rings. The molecule has 6 heteroatoms. The van der Waals surface area contributed by atoms with E-state index in [-0.39, 0.29) is 0 Å². The van der Waals surface area contributed by atoms with Crippen molar-refractivity contribution in [3.63, 3.8) is 0 Å². The van der Waals surface area contributed by atoms with Crippen LogP contribution in [0.1, 0.15) is 6.92 Å². The maximum absolute atomic E-state index is 7.49.